The Balaban J connectivity index is 1.21. The molecule has 7 aromatic rings. The predicted octanol–water partition coefficient (Wildman–Crippen LogP) is 6.47. The molecule has 0 fully saturated rings. The summed E-state index contributed by atoms with van der Waals surface area (Å²) in [5, 5.41) is 13.5. The lowest BCUT2D eigenvalue weighted by atomic mass is 10.1. The van der Waals surface area contributed by atoms with Crippen LogP contribution in [0.4, 0.5) is 5.69 Å². The zero-order chi connectivity index (χ0) is 26.2. The third kappa shape index (κ3) is 4.45. The smallest absolute Gasteiger partial charge is 0.228 e. The van der Waals surface area contributed by atoms with Crippen molar-refractivity contribution < 1.29 is 4.79 Å². The van der Waals surface area contributed by atoms with Gasteiger partial charge in [-0.05, 0) is 35.2 Å². The second-order valence-corrected chi connectivity index (χ2v) is 10.1. The number of rotatable bonds is 6. The van der Waals surface area contributed by atoms with Gasteiger partial charge in [-0.1, -0.05) is 48.5 Å². The predicted molar refractivity (Wildman–Crippen MR) is 154 cm³/mol. The molecule has 39 heavy (non-hydrogen) atoms. The minimum atomic E-state index is -0.104. The highest BCUT2D eigenvalue weighted by atomic mass is 32.1. The molecule has 3 N–H and O–H groups in total. The fraction of sp³-hybridized carbons (Fsp3) is 0.0333. The van der Waals surface area contributed by atoms with Crippen LogP contribution in [0, 0.1) is 0 Å². The first-order chi connectivity index (χ1) is 19.2. The Morgan fingerprint density at radius 1 is 0.923 bits per heavy atom. The van der Waals surface area contributed by atoms with Crippen LogP contribution in [0.15, 0.2) is 96.8 Å². The average Bonchev–Trinajstić information content (AvgIpc) is 3.73. The van der Waals surface area contributed by atoms with Gasteiger partial charge in [0.1, 0.15) is 5.69 Å². The molecule has 0 atom stereocenters. The van der Waals surface area contributed by atoms with Crippen molar-refractivity contribution in [3.05, 3.63) is 102 Å². The number of nitrogens with one attached hydrogen (secondary N) is 3. The van der Waals surface area contributed by atoms with Crippen LogP contribution in [0.3, 0.4) is 0 Å². The van der Waals surface area contributed by atoms with Crippen LogP contribution in [0.5, 0.6) is 0 Å². The number of carbonyl (C=O) groups excluding carboxylic acids is 1. The number of benzene rings is 2. The maximum absolute atomic E-state index is 12.6. The fourth-order valence-corrected chi connectivity index (χ4v) is 5.42. The molecule has 8 nitrogen and oxygen atoms in total. The van der Waals surface area contributed by atoms with Crippen molar-refractivity contribution in [2.45, 2.75) is 6.42 Å². The van der Waals surface area contributed by atoms with Gasteiger partial charge in [-0.3, -0.25) is 19.9 Å². The van der Waals surface area contributed by atoms with Gasteiger partial charge in [-0.2, -0.15) is 5.10 Å². The molecule has 0 saturated heterocycles. The Morgan fingerprint density at radius 2 is 1.85 bits per heavy atom. The number of para-hydroxylation sites is 1. The van der Waals surface area contributed by atoms with Gasteiger partial charge in [-0.25, -0.2) is 4.98 Å². The van der Waals surface area contributed by atoms with Crippen molar-refractivity contribution in [3.63, 3.8) is 0 Å². The highest BCUT2D eigenvalue weighted by Gasteiger charge is 2.17. The number of aromatic nitrogens is 6. The van der Waals surface area contributed by atoms with E-state index in [1.807, 2.05) is 60.7 Å². The lowest BCUT2D eigenvalue weighted by molar-refractivity contribution is -0.115. The molecule has 0 unspecified atom stereocenters. The maximum atomic E-state index is 12.6. The van der Waals surface area contributed by atoms with Gasteiger partial charge in [0.05, 0.1) is 46.7 Å². The van der Waals surface area contributed by atoms with Crippen molar-refractivity contribution in [2.75, 3.05) is 5.32 Å². The maximum Gasteiger partial charge on any atom is 0.228 e. The lowest BCUT2D eigenvalue weighted by Crippen LogP contribution is -2.14. The Hall–Kier alpha value is -5.15. The summed E-state index contributed by atoms with van der Waals surface area (Å²) in [6, 6.07) is 23.8. The number of pyridine rings is 2. The van der Waals surface area contributed by atoms with E-state index in [-0.39, 0.29) is 5.91 Å². The van der Waals surface area contributed by atoms with Crippen molar-refractivity contribution in [1.29, 1.82) is 0 Å². The Bertz CT molecular complexity index is 1940. The second kappa shape index (κ2) is 9.62. The van der Waals surface area contributed by atoms with E-state index in [0.29, 0.717) is 29.3 Å². The standard InChI is InChI=1S/C30H21N7OS/c38-27(12-18-6-2-1-3-7-18)33-20-13-19(15-31-16-20)24-14-22-25(17-32-24)36-37-29(22)30-34-23-9-4-8-21(28(23)35-30)26-10-5-11-39-26/h1-11,13-17H,12H2,(H,33,38)(H,34,35)(H,36,37). The Labute approximate surface area is 226 Å². The number of fused-ring (bicyclic) bond motifs is 2. The first-order valence-corrected chi connectivity index (χ1v) is 13.3. The minimum absolute atomic E-state index is 0.104. The number of hydrogen-bond acceptors (Lipinski definition) is 6. The fourth-order valence-electron chi connectivity index (χ4n) is 4.66. The van der Waals surface area contributed by atoms with Crippen LogP contribution in [0.1, 0.15) is 5.56 Å². The molecule has 0 aliphatic rings. The van der Waals surface area contributed by atoms with E-state index in [0.717, 1.165) is 38.6 Å². The molecule has 7 rings (SSSR count). The summed E-state index contributed by atoms with van der Waals surface area (Å²) in [7, 11) is 0. The van der Waals surface area contributed by atoms with E-state index >= 15 is 0 Å². The number of thiophene rings is 1. The zero-order valence-corrected chi connectivity index (χ0v) is 21.4. The van der Waals surface area contributed by atoms with Gasteiger partial charge < -0.3 is 10.3 Å². The van der Waals surface area contributed by atoms with Crippen LogP contribution in [0.25, 0.3) is 55.2 Å². The van der Waals surface area contributed by atoms with Crippen LogP contribution >= 0.6 is 11.3 Å². The zero-order valence-electron chi connectivity index (χ0n) is 20.6. The number of aromatic amines is 2. The highest BCUT2D eigenvalue weighted by Crippen LogP contribution is 2.34. The van der Waals surface area contributed by atoms with Gasteiger partial charge in [-0.15, -0.1) is 11.3 Å². The molecular formula is C30H21N7OS. The molecule has 1 amide bonds. The minimum Gasteiger partial charge on any atom is -0.337 e. The molecule has 9 heteroatoms. The number of H-pyrrole nitrogens is 2. The van der Waals surface area contributed by atoms with Crippen LogP contribution in [-0.4, -0.2) is 36.0 Å². The Kier molecular flexibility index (Phi) is 5.68. The molecule has 0 aliphatic carbocycles. The van der Waals surface area contributed by atoms with Gasteiger partial charge >= 0.3 is 0 Å². The lowest BCUT2D eigenvalue weighted by Gasteiger charge is -2.07. The van der Waals surface area contributed by atoms with Gasteiger partial charge in [0.15, 0.2) is 5.82 Å². The van der Waals surface area contributed by atoms with Crippen LogP contribution < -0.4 is 5.32 Å². The third-order valence-electron chi connectivity index (χ3n) is 6.50. The van der Waals surface area contributed by atoms with E-state index in [1.165, 1.54) is 4.88 Å². The molecule has 0 bridgehead atoms. The summed E-state index contributed by atoms with van der Waals surface area (Å²) in [6.07, 6.45) is 5.41. The van der Waals surface area contributed by atoms with Gasteiger partial charge in [0, 0.05) is 27.6 Å². The summed E-state index contributed by atoms with van der Waals surface area (Å²) in [5.41, 5.74) is 7.51. The number of carbonyl (C=O) groups is 1. The molecule has 5 heterocycles. The van der Waals surface area contributed by atoms with E-state index < -0.39 is 0 Å². The molecule has 5 aromatic heterocycles. The third-order valence-corrected chi connectivity index (χ3v) is 7.40. The number of imidazole rings is 1. The van der Waals surface area contributed by atoms with Crippen molar-refractivity contribution in [2.24, 2.45) is 0 Å². The van der Waals surface area contributed by atoms with E-state index in [9.17, 15) is 4.79 Å². The molecule has 188 valence electrons. The van der Waals surface area contributed by atoms with Crippen molar-refractivity contribution >= 4 is 44.9 Å². The molecular weight excluding hydrogens is 506 g/mol. The number of amides is 1. The number of nitrogens with zero attached hydrogens (tertiary/aromatic N) is 4. The first-order valence-electron chi connectivity index (χ1n) is 12.4. The normalized spacial score (nSPS) is 11.3. The van der Waals surface area contributed by atoms with Crippen molar-refractivity contribution in [1.82, 2.24) is 30.1 Å². The molecule has 0 spiro atoms. The monoisotopic (exact) mass is 527 g/mol. The number of hydrogen-bond donors (Lipinski definition) is 3. The molecule has 0 aliphatic heterocycles. The van der Waals surface area contributed by atoms with Crippen LogP contribution in [-0.2, 0) is 11.2 Å². The van der Waals surface area contributed by atoms with Gasteiger partial charge in [0.25, 0.3) is 0 Å². The van der Waals surface area contributed by atoms with E-state index in [4.69, 9.17) is 4.98 Å². The summed E-state index contributed by atoms with van der Waals surface area (Å²) < 4.78 is 0. The largest absolute Gasteiger partial charge is 0.337 e. The highest BCUT2D eigenvalue weighted by molar-refractivity contribution is 7.13. The van der Waals surface area contributed by atoms with E-state index in [2.05, 4.69) is 48.0 Å². The average molecular weight is 528 g/mol. The summed E-state index contributed by atoms with van der Waals surface area (Å²) in [6.45, 7) is 0. The Morgan fingerprint density at radius 3 is 2.72 bits per heavy atom. The summed E-state index contributed by atoms with van der Waals surface area (Å²) in [4.78, 5) is 31.0. The van der Waals surface area contributed by atoms with Crippen molar-refractivity contribution in [3.8, 4) is 33.2 Å². The summed E-state index contributed by atoms with van der Waals surface area (Å²) >= 11 is 1.69. The molecule has 0 saturated carbocycles. The molecule has 0 radical (unpaired) electrons. The van der Waals surface area contributed by atoms with E-state index in [1.54, 1.807) is 29.9 Å². The number of anilines is 1. The topological polar surface area (TPSA) is 112 Å². The summed E-state index contributed by atoms with van der Waals surface area (Å²) in [5.74, 6) is 0.574. The SMILES string of the molecule is O=C(Cc1ccccc1)Nc1cncc(-c2cc3c(-c4nc5c(-c6cccs6)cccc5[nH]4)n[nH]c3cn2)c1. The first kappa shape index (κ1) is 23.0. The molecule has 2 aromatic carbocycles. The van der Waals surface area contributed by atoms with Gasteiger partial charge in [0.2, 0.25) is 5.91 Å². The second-order valence-electron chi connectivity index (χ2n) is 9.12. The quantitative estimate of drug-likeness (QED) is 0.229. The van der Waals surface area contributed by atoms with Crippen LogP contribution in [0.2, 0.25) is 0 Å².